The van der Waals surface area contributed by atoms with Crippen molar-refractivity contribution in [1.82, 2.24) is 0 Å². The van der Waals surface area contributed by atoms with Crippen molar-refractivity contribution in [2.24, 2.45) is 0 Å². The number of benzene rings is 5. The predicted octanol–water partition coefficient (Wildman–Crippen LogP) is 10.7. The van der Waals surface area contributed by atoms with Crippen molar-refractivity contribution in [2.45, 2.75) is 32.1 Å². The summed E-state index contributed by atoms with van der Waals surface area (Å²) in [6.07, 6.45) is 10.2. The Labute approximate surface area is 233 Å². The Kier molecular flexibility index (Phi) is 7.36. The number of rotatable bonds is 7. The zero-order chi connectivity index (χ0) is 26.4. The van der Waals surface area contributed by atoms with E-state index < -0.39 is 0 Å². The van der Waals surface area contributed by atoms with Crippen LogP contribution in [0.1, 0.15) is 42.4 Å². The van der Waals surface area contributed by atoms with Crippen molar-refractivity contribution in [3.8, 4) is 33.4 Å². The first-order valence-electron chi connectivity index (χ1n) is 14.0. The van der Waals surface area contributed by atoms with E-state index in [1.54, 1.807) is 0 Å². The summed E-state index contributed by atoms with van der Waals surface area (Å²) >= 11 is 0. The lowest BCUT2D eigenvalue weighted by Gasteiger charge is -2.15. The lowest BCUT2D eigenvalue weighted by Crippen LogP contribution is -1.96. The third kappa shape index (κ3) is 5.86. The number of hydrogen-bond donors (Lipinski definition) is 0. The molecule has 190 valence electrons. The standard InChI is InChI=1S/C39H34/c1-29(32-15-7-3-8-16-32)34-19-11-20-35(26-34)36-21-12-22-37(27-36)39-25-31(23-30-13-5-2-6-14-30)24-38(28-39)33-17-9-4-10-18-33/h3-5,7-22,24-29H,2,6,23H2,1H3. The highest BCUT2D eigenvalue weighted by Gasteiger charge is 2.11. The van der Waals surface area contributed by atoms with Gasteiger partial charge in [-0.05, 0) is 87.0 Å². The summed E-state index contributed by atoms with van der Waals surface area (Å²) in [7, 11) is 0. The Balaban J connectivity index is 1.37. The van der Waals surface area contributed by atoms with E-state index in [-0.39, 0.29) is 0 Å². The van der Waals surface area contributed by atoms with Crippen LogP contribution in [0.4, 0.5) is 0 Å². The lowest BCUT2D eigenvalue weighted by atomic mass is 9.89. The summed E-state index contributed by atoms with van der Waals surface area (Å²) in [5.74, 6) is 0.350. The van der Waals surface area contributed by atoms with Crippen molar-refractivity contribution in [3.05, 3.63) is 168 Å². The molecule has 5 aromatic carbocycles. The molecule has 1 atom stereocenters. The fraction of sp³-hybridized carbons (Fsp3) is 0.128. The van der Waals surface area contributed by atoms with Crippen molar-refractivity contribution in [3.63, 3.8) is 0 Å². The molecule has 0 aliphatic heterocycles. The van der Waals surface area contributed by atoms with Crippen LogP contribution in [0.2, 0.25) is 0 Å². The highest BCUT2D eigenvalue weighted by molar-refractivity contribution is 5.78. The molecule has 0 saturated carbocycles. The Hall–Kier alpha value is -4.42. The van der Waals surface area contributed by atoms with Gasteiger partial charge in [0.05, 0.1) is 0 Å². The molecule has 0 fully saturated rings. The molecule has 0 bridgehead atoms. The zero-order valence-corrected chi connectivity index (χ0v) is 22.6. The van der Waals surface area contributed by atoms with E-state index in [1.165, 1.54) is 55.6 Å². The summed E-state index contributed by atoms with van der Waals surface area (Å²) < 4.78 is 0. The second-order valence-corrected chi connectivity index (χ2v) is 10.6. The number of hydrogen-bond acceptors (Lipinski definition) is 0. The Morgan fingerprint density at radius 3 is 1.79 bits per heavy atom. The molecule has 6 rings (SSSR count). The van der Waals surface area contributed by atoms with Crippen LogP contribution in [0.3, 0.4) is 0 Å². The quantitative estimate of drug-likeness (QED) is 0.208. The van der Waals surface area contributed by atoms with E-state index >= 15 is 0 Å². The minimum absolute atomic E-state index is 0.350. The molecule has 0 amide bonds. The van der Waals surface area contributed by atoms with Gasteiger partial charge < -0.3 is 0 Å². The zero-order valence-electron chi connectivity index (χ0n) is 22.6. The fourth-order valence-corrected chi connectivity index (χ4v) is 5.59. The van der Waals surface area contributed by atoms with Crippen LogP contribution >= 0.6 is 0 Å². The van der Waals surface area contributed by atoms with E-state index in [9.17, 15) is 0 Å². The second kappa shape index (κ2) is 11.5. The van der Waals surface area contributed by atoms with Crippen LogP contribution < -0.4 is 0 Å². The normalized spacial score (nSPS) is 13.6. The smallest absolute Gasteiger partial charge is 0.00612 e. The van der Waals surface area contributed by atoms with E-state index in [4.69, 9.17) is 0 Å². The largest absolute Gasteiger partial charge is 0.0840 e. The third-order valence-electron chi connectivity index (χ3n) is 7.80. The molecular weight excluding hydrogens is 468 g/mol. The minimum atomic E-state index is 0.350. The third-order valence-corrected chi connectivity index (χ3v) is 7.80. The summed E-state index contributed by atoms with van der Waals surface area (Å²) in [5, 5.41) is 0. The average molecular weight is 503 g/mol. The van der Waals surface area contributed by atoms with Crippen LogP contribution in [0.5, 0.6) is 0 Å². The van der Waals surface area contributed by atoms with E-state index in [0.717, 1.165) is 19.3 Å². The molecule has 0 nitrogen and oxygen atoms in total. The molecule has 1 aliphatic rings. The van der Waals surface area contributed by atoms with Gasteiger partial charge in [-0.2, -0.15) is 0 Å². The summed E-state index contributed by atoms with van der Waals surface area (Å²) in [5.41, 5.74) is 13.0. The molecule has 39 heavy (non-hydrogen) atoms. The Bertz CT molecular complexity index is 1620. The maximum atomic E-state index is 2.39. The van der Waals surface area contributed by atoms with E-state index in [1.807, 2.05) is 0 Å². The van der Waals surface area contributed by atoms with E-state index in [0.29, 0.717) is 5.92 Å². The molecule has 0 spiro atoms. The van der Waals surface area contributed by atoms with Gasteiger partial charge in [0.1, 0.15) is 0 Å². The molecule has 1 aliphatic carbocycles. The predicted molar refractivity (Wildman–Crippen MR) is 167 cm³/mol. The van der Waals surface area contributed by atoms with Gasteiger partial charge in [0, 0.05) is 5.92 Å². The van der Waals surface area contributed by atoms with E-state index in [2.05, 4.69) is 153 Å². The van der Waals surface area contributed by atoms with Gasteiger partial charge >= 0.3 is 0 Å². The van der Waals surface area contributed by atoms with Crippen molar-refractivity contribution >= 4 is 0 Å². The maximum Gasteiger partial charge on any atom is 0.00612 e. The first kappa shape index (κ1) is 24.9. The van der Waals surface area contributed by atoms with Crippen molar-refractivity contribution in [1.29, 1.82) is 0 Å². The molecular formula is C39H34. The average Bonchev–Trinajstić information content (AvgIpc) is 3.02. The lowest BCUT2D eigenvalue weighted by molar-refractivity contribution is 0.923. The van der Waals surface area contributed by atoms with Gasteiger partial charge in [-0.1, -0.05) is 140 Å². The molecule has 5 aromatic rings. The van der Waals surface area contributed by atoms with Gasteiger partial charge in [0.15, 0.2) is 0 Å². The highest BCUT2D eigenvalue weighted by atomic mass is 14.2. The first-order chi connectivity index (χ1) is 19.2. The van der Waals surface area contributed by atoms with Gasteiger partial charge in [0.25, 0.3) is 0 Å². The molecule has 0 heteroatoms. The highest BCUT2D eigenvalue weighted by Crippen LogP contribution is 2.33. The molecule has 0 N–H and O–H groups in total. The monoisotopic (exact) mass is 502 g/mol. The molecule has 0 heterocycles. The number of allylic oxidation sites excluding steroid dienone is 4. The van der Waals surface area contributed by atoms with Crippen LogP contribution in [-0.4, -0.2) is 0 Å². The van der Waals surface area contributed by atoms with Crippen LogP contribution in [0, 0.1) is 0 Å². The van der Waals surface area contributed by atoms with Crippen LogP contribution in [0.25, 0.3) is 33.4 Å². The molecule has 0 aromatic heterocycles. The van der Waals surface area contributed by atoms with Crippen molar-refractivity contribution in [2.75, 3.05) is 0 Å². The Morgan fingerprint density at radius 2 is 1.08 bits per heavy atom. The summed E-state index contributed by atoms with van der Waals surface area (Å²) in [6.45, 7) is 2.29. The Morgan fingerprint density at radius 1 is 0.513 bits per heavy atom. The van der Waals surface area contributed by atoms with Crippen LogP contribution in [-0.2, 0) is 6.42 Å². The van der Waals surface area contributed by atoms with Gasteiger partial charge in [-0.15, -0.1) is 0 Å². The van der Waals surface area contributed by atoms with Gasteiger partial charge in [0.2, 0.25) is 0 Å². The minimum Gasteiger partial charge on any atom is -0.0840 e. The van der Waals surface area contributed by atoms with Gasteiger partial charge in [-0.25, -0.2) is 0 Å². The summed E-state index contributed by atoms with van der Waals surface area (Å²) in [6, 6.07) is 46.6. The summed E-state index contributed by atoms with van der Waals surface area (Å²) in [4.78, 5) is 0. The van der Waals surface area contributed by atoms with Crippen LogP contribution in [0.15, 0.2) is 151 Å². The molecule has 0 radical (unpaired) electrons. The van der Waals surface area contributed by atoms with Crippen molar-refractivity contribution < 1.29 is 0 Å². The van der Waals surface area contributed by atoms with Gasteiger partial charge in [-0.3, -0.25) is 0 Å². The first-order valence-corrected chi connectivity index (χ1v) is 14.0. The fourth-order valence-electron chi connectivity index (χ4n) is 5.59. The maximum absolute atomic E-state index is 2.39. The topological polar surface area (TPSA) is 0 Å². The second-order valence-electron chi connectivity index (χ2n) is 10.6. The molecule has 0 saturated heterocycles. The SMILES string of the molecule is CC(c1ccccc1)c1cccc(-c2cccc(-c3cc(CC4=CCCC=C4)cc(-c4ccccc4)c3)c2)c1. The molecule has 1 unspecified atom stereocenters.